The van der Waals surface area contributed by atoms with Gasteiger partial charge >= 0.3 is 12.1 Å². The van der Waals surface area contributed by atoms with Gasteiger partial charge in [0.25, 0.3) is 0 Å². The summed E-state index contributed by atoms with van der Waals surface area (Å²) in [6, 6.07) is 0.203. The van der Waals surface area contributed by atoms with E-state index in [0.717, 1.165) is 0 Å². The van der Waals surface area contributed by atoms with Crippen LogP contribution >= 0.6 is 27.3 Å². The van der Waals surface area contributed by atoms with E-state index in [9.17, 15) is 14.9 Å². The number of nitrogens with zero attached hydrogens (tertiary/aromatic N) is 3. The SMILES string of the molecule is CC1=C(C#N)C(c2cnc(Br)s2)N(C(=O)O)C(=O)N1. The molecule has 19 heavy (non-hydrogen) atoms. The Bertz CT molecular complexity index is 633. The number of nitriles is 1. The monoisotopic (exact) mass is 342 g/mol. The fraction of sp³-hybridized carbons (Fsp3) is 0.200. The number of carbonyl (C=O) groups is 2. The van der Waals surface area contributed by atoms with E-state index in [1.165, 1.54) is 17.5 Å². The number of carboxylic acid groups (broad SMARTS) is 1. The second kappa shape index (κ2) is 4.99. The number of amides is 3. The minimum atomic E-state index is -1.42. The van der Waals surface area contributed by atoms with Crippen LogP contribution in [0.5, 0.6) is 0 Å². The van der Waals surface area contributed by atoms with Gasteiger partial charge in [0.1, 0.15) is 6.04 Å². The molecule has 1 aromatic rings. The third kappa shape index (κ3) is 2.32. The largest absolute Gasteiger partial charge is 0.465 e. The van der Waals surface area contributed by atoms with Gasteiger partial charge in [-0.25, -0.2) is 19.5 Å². The van der Waals surface area contributed by atoms with E-state index in [0.29, 0.717) is 19.4 Å². The molecule has 1 unspecified atom stereocenters. The van der Waals surface area contributed by atoms with E-state index in [1.54, 1.807) is 6.92 Å². The van der Waals surface area contributed by atoms with Gasteiger partial charge in [0.15, 0.2) is 3.92 Å². The van der Waals surface area contributed by atoms with Crippen LogP contribution in [0.3, 0.4) is 0 Å². The smallest absolute Gasteiger partial charge is 0.416 e. The Balaban J connectivity index is 2.60. The molecular formula is C10H7BrN4O3S. The number of nitrogens with one attached hydrogen (secondary N) is 1. The minimum Gasteiger partial charge on any atom is -0.465 e. The zero-order valence-corrected chi connectivity index (χ0v) is 11.9. The number of halogens is 1. The lowest BCUT2D eigenvalue weighted by Crippen LogP contribution is -2.49. The second-order valence-corrected chi connectivity index (χ2v) is 5.99. The summed E-state index contributed by atoms with van der Waals surface area (Å²) in [5.74, 6) is 0. The normalized spacial score (nSPS) is 19.1. The van der Waals surface area contributed by atoms with Gasteiger partial charge in [0.2, 0.25) is 0 Å². The molecule has 2 N–H and O–H groups in total. The van der Waals surface area contributed by atoms with Crippen LogP contribution in [0.4, 0.5) is 9.59 Å². The number of hydrogen-bond acceptors (Lipinski definition) is 5. The van der Waals surface area contributed by atoms with Crippen LogP contribution in [-0.2, 0) is 0 Å². The van der Waals surface area contributed by atoms with Crippen molar-refractivity contribution in [3.8, 4) is 6.07 Å². The maximum absolute atomic E-state index is 11.8. The molecule has 1 aliphatic rings. The van der Waals surface area contributed by atoms with Crippen molar-refractivity contribution in [1.82, 2.24) is 15.2 Å². The molecule has 0 saturated carbocycles. The lowest BCUT2D eigenvalue weighted by Gasteiger charge is -2.31. The van der Waals surface area contributed by atoms with E-state index in [-0.39, 0.29) is 5.57 Å². The fourth-order valence-corrected chi connectivity index (χ4v) is 3.15. The summed E-state index contributed by atoms with van der Waals surface area (Å²) in [5.41, 5.74) is 0.526. The molecule has 0 fully saturated rings. The predicted molar refractivity (Wildman–Crippen MR) is 69.3 cm³/mol. The first kappa shape index (κ1) is 13.5. The highest BCUT2D eigenvalue weighted by Gasteiger charge is 2.39. The van der Waals surface area contributed by atoms with Crippen LogP contribution in [0.25, 0.3) is 0 Å². The third-order valence-electron chi connectivity index (χ3n) is 2.54. The Morgan fingerprint density at radius 2 is 2.42 bits per heavy atom. The fourth-order valence-electron chi connectivity index (χ4n) is 1.74. The van der Waals surface area contributed by atoms with Gasteiger partial charge in [0.05, 0.1) is 16.5 Å². The lowest BCUT2D eigenvalue weighted by atomic mass is 10.0. The predicted octanol–water partition coefficient (Wildman–Crippen LogP) is 2.45. The summed E-state index contributed by atoms with van der Waals surface area (Å²) in [5, 5.41) is 20.7. The molecule has 0 bridgehead atoms. The first-order valence-electron chi connectivity index (χ1n) is 5.01. The van der Waals surface area contributed by atoms with Crippen molar-refractivity contribution in [3.05, 3.63) is 26.3 Å². The zero-order chi connectivity index (χ0) is 14.2. The van der Waals surface area contributed by atoms with Crippen LogP contribution in [-0.4, -0.2) is 27.1 Å². The van der Waals surface area contributed by atoms with E-state index < -0.39 is 18.2 Å². The van der Waals surface area contributed by atoms with Crippen LogP contribution < -0.4 is 5.32 Å². The van der Waals surface area contributed by atoms with Crippen molar-refractivity contribution in [2.24, 2.45) is 0 Å². The number of aromatic nitrogens is 1. The second-order valence-electron chi connectivity index (χ2n) is 3.65. The molecule has 2 heterocycles. The average Bonchev–Trinajstić information content (AvgIpc) is 2.74. The molecular weight excluding hydrogens is 336 g/mol. The van der Waals surface area contributed by atoms with Crippen molar-refractivity contribution in [3.63, 3.8) is 0 Å². The molecule has 9 heteroatoms. The van der Waals surface area contributed by atoms with Crippen molar-refractivity contribution < 1.29 is 14.7 Å². The van der Waals surface area contributed by atoms with Gasteiger partial charge < -0.3 is 10.4 Å². The first-order valence-corrected chi connectivity index (χ1v) is 6.62. The highest BCUT2D eigenvalue weighted by atomic mass is 79.9. The minimum absolute atomic E-state index is 0.179. The zero-order valence-electron chi connectivity index (χ0n) is 9.55. The number of imide groups is 1. The van der Waals surface area contributed by atoms with Crippen LogP contribution in [0.15, 0.2) is 21.4 Å². The Morgan fingerprint density at radius 1 is 1.74 bits per heavy atom. The maximum Gasteiger partial charge on any atom is 0.416 e. The van der Waals surface area contributed by atoms with Crippen LogP contribution in [0.2, 0.25) is 0 Å². The Hall–Kier alpha value is -1.92. The molecule has 98 valence electrons. The number of rotatable bonds is 1. The van der Waals surface area contributed by atoms with Gasteiger partial charge in [-0.15, -0.1) is 11.3 Å². The van der Waals surface area contributed by atoms with Gasteiger partial charge in [0, 0.05) is 11.9 Å². The summed E-state index contributed by atoms with van der Waals surface area (Å²) in [4.78, 5) is 28.0. The van der Waals surface area contributed by atoms with Crippen molar-refractivity contribution in [2.45, 2.75) is 13.0 Å². The molecule has 1 aliphatic heterocycles. The Labute approximate surface area is 120 Å². The molecule has 3 amide bonds. The lowest BCUT2D eigenvalue weighted by molar-refractivity contribution is 0.136. The van der Waals surface area contributed by atoms with Gasteiger partial charge in [-0.2, -0.15) is 5.26 Å². The van der Waals surface area contributed by atoms with Crippen molar-refractivity contribution in [1.29, 1.82) is 5.26 Å². The summed E-state index contributed by atoms with van der Waals surface area (Å²) in [6.07, 6.45) is 0.0192. The molecule has 2 rings (SSSR count). The topological polar surface area (TPSA) is 106 Å². The van der Waals surface area contributed by atoms with E-state index >= 15 is 0 Å². The molecule has 0 radical (unpaired) electrons. The summed E-state index contributed by atoms with van der Waals surface area (Å²) >= 11 is 4.34. The molecule has 7 nitrogen and oxygen atoms in total. The van der Waals surface area contributed by atoms with Crippen LogP contribution in [0.1, 0.15) is 17.8 Å². The van der Waals surface area contributed by atoms with Gasteiger partial charge in [-0.05, 0) is 22.9 Å². The number of hydrogen-bond donors (Lipinski definition) is 2. The molecule has 0 saturated heterocycles. The molecule has 0 spiro atoms. The van der Waals surface area contributed by atoms with Gasteiger partial charge in [-0.3, -0.25) is 0 Å². The highest BCUT2D eigenvalue weighted by molar-refractivity contribution is 9.11. The maximum atomic E-state index is 11.8. The summed E-state index contributed by atoms with van der Waals surface area (Å²) in [6.45, 7) is 1.55. The Morgan fingerprint density at radius 3 is 2.89 bits per heavy atom. The van der Waals surface area contributed by atoms with Crippen molar-refractivity contribution >= 4 is 39.4 Å². The molecule has 0 aromatic carbocycles. The van der Waals surface area contributed by atoms with Crippen molar-refractivity contribution in [2.75, 3.05) is 0 Å². The average molecular weight is 343 g/mol. The molecule has 1 aromatic heterocycles. The molecule has 1 atom stereocenters. The quantitative estimate of drug-likeness (QED) is 0.815. The van der Waals surface area contributed by atoms with Gasteiger partial charge in [-0.1, -0.05) is 0 Å². The summed E-state index contributed by atoms with van der Waals surface area (Å²) < 4.78 is 0.550. The highest BCUT2D eigenvalue weighted by Crippen LogP contribution is 2.36. The third-order valence-corrected chi connectivity index (χ3v) is 4.07. The van der Waals surface area contributed by atoms with E-state index in [2.05, 4.69) is 26.2 Å². The first-order chi connectivity index (χ1) is 8.95. The van der Waals surface area contributed by atoms with Crippen LogP contribution in [0, 0.1) is 11.3 Å². The Kier molecular flexibility index (Phi) is 3.55. The van der Waals surface area contributed by atoms with E-state index in [1.807, 2.05) is 6.07 Å². The standard InChI is InChI=1S/C10H7BrN4O3S/c1-4-5(2-12)7(6-3-13-8(11)19-6)15(10(17)18)9(16)14-4/h3,7H,1H3,(H,14,16)(H,17,18). The number of urea groups is 1. The number of thiazole rings is 1. The van der Waals surface area contributed by atoms with E-state index in [4.69, 9.17) is 5.11 Å². The number of carbonyl (C=O) groups excluding carboxylic acids is 1. The number of allylic oxidation sites excluding steroid dienone is 1. The molecule has 0 aliphatic carbocycles. The summed E-state index contributed by atoms with van der Waals surface area (Å²) in [7, 11) is 0.